The average Bonchev–Trinajstić information content (AvgIpc) is 2.77. The summed E-state index contributed by atoms with van der Waals surface area (Å²) in [6, 6.07) is 6.37. The van der Waals surface area contributed by atoms with Crippen molar-refractivity contribution in [3.8, 4) is 0 Å². The predicted molar refractivity (Wildman–Crippen MR) is 81.8 cm³/mol. The molecular weight excluding hydrogens is 298 g/mol. The maximum atomic E-state index is 12.1. The van der Waals surface area contributed by atoms with Crippen molar-refractivity contribution in [3.05, 3.63) is 35.4 Å². The summed E-state index contributed by atoms with van der Waals surface area (Å²) in [5.41, 5.74) is 0.484. The molecule has 0 unspecified atom stereocenters. The molecule has 2 amide bonds. The van der Waals surface area contributed by atoms with Gasteiger partial charge in [0.2, 0.25) is 0 Å². The van der Waals surface area contributed by atoms with Gasteiger partial charge in [0.15, 0.2) is 0 Å². The van der Waals surface area contributed by atoms with Crippen molar-refractivity contribution >= 4 is 23.6 Å². The van der Waals surface area contributed by atoms with E-state index in [9.17, 15) is 14.4 Å². The Kier molecular flexibility index (Phi) is 4.36. The second kappa shape index (κ2) is 6.60. The number of carbonyl (C=O) groups is 3. The van der Waals surface area contributed by atoms with E-state index in [2.05, 4.69) is 10.3 Å². The normalized spacial score (nSPS) is 17.4. The van der Waals surface area contributed by atoms with Gasteiger partial charge in [-0.3, -0.25) is 14.6 Å². The summed E-state index contributed by atoms with van der Waals surface area (Å²) >= 11 is 0. The van der Waals surface area contributed by atoms with Gasteiger partial charge in [0.05, 0.1) is 17.0 Å². The first-order chi connectivity index (χ1) is 11.2. The molecule has 0 radical (unpaired) electrons. The second-order valence-electron chi connectivity index (χ2n) is 5.41. The van der Waals surface area contributed by atoms with Crippen LogP contribution in [0.2, 0.25) is 0 Å². The van der Waals surface area contributed by atoms with Crippen LogP contribution in [-0.2, 0) is 9.63 Å². The fraction of sp³-hybridized carbons (Fsp3) is 0.375. The number of imide groups is 1. The summed E-state index contributed by atoms with van der Waals surface area (Å²) in [5.74, 6) is -1.18. The van der Waals surface area contributed by atoms with E-state index < -0.39 is 17.8 Å². The molecule has 23 heavy (non-hydrogen) atoms. The Morgan fingerprint density at radius 2 is 1.83 bits per heavy atom. The number of nitrogens with one attached hydrogen (secondary N) is 1. The molecule has 2 aliphatic rings. The van der Waals surface area contributed by atoms with E-state index in [1.807, 2.05) is 0 Å². The number of hydroxylamine groups is 2. The van der Waals surface area contributed by atoms with Crippen molar-refractivity contribution in [2.45, 2.75) is 25.7 Å². The fourth-order valence-corrected chi connectivity index (χ4v) is 2.58. The molecule has 3 rings (SSSR count). The minimum atomic E-state index is -0.702. The number of hydrogen-bond acceptors (Lipinski definition) is 6. The van der Waals surface area contributed by atoms with Gasteiger partial charge in [0.25, 0.3) is 11.8 Å². The van der Waals surface area contributed by atoms with Crippen molar-refractivity contribution in [2.24, 2.45) is 4.99 Å². The van der Waals surface area contributed by atoms with Gasteiger partial charge in [-0.1, -0.05) is 23.6 Å². The molecule has 120 valence electrons. The van der Waals surface area contributed by atoms with Crippen LogP contribution in [0.4, 0.5) is 0 Å². The van der Waals surface area contributed by atoms with Crippen LogP contribution in [0.25, 0.3) is 0 Å². The SMILES string of the molecule is O=C(CNC1=NCCCCC1)ON1C(=O)c2ccccc2C1=O. The van der Waals surface area contributed by atoms with Gasteiger partial charge < -0.3 is 10.2 Å². The van der Waals surface area contributed by atoms with Gasteiger partial charge in [-0.05, 0) is 25.0 Å². The van der Waals surface area contributed by atoms with Crippen molar-refractivity contribution in [3.63, 3.8) is 0 Å². The van der Waals surface area contributed by atoms with Gasteiger partial charge >= 0.3 is 5.97 Å². The monoisotopic (exact) mass is 315 g/mol. The minimum absolute atomic E-state index is 0.133. The average molecular weight is 315 g/mol. The lowest BCUT2D eigenvalue weighted by atomic mass is 10.1. The van der Waals surface area contributed by atoms with Crippen molar-refractivity contribution in [2.75, 3.05) is 13.1 Å². The zero-order chi connectivity index (χ0) is 16.2. The Bertz CT molecular complexity index is 649. The number of benzene rings is 1. The molecule has 7 heteroatoms. The molecular formula is C16H17N3O4. The van der Waals surface area contributed by atoms with Crippen LogP contribution in [0.5, 0.6) is 0 Å². The Morgan fingerprint density at radius 3 is 2.52 bits per heavy atom. The van der Waals surface area contributed by atoms with Gasteiger partial charge in [-0.15, -0.1) is 0 Å². The molecule has 1 aromatic carbocycles. The highest BCUT2D eigenvalue weighted by atomic mass is 16.7. The van der Waals surface area contributed by atoms with E-state index in [1.54, 1.807) is 12.1 Å². The van der Waals surface area contributed by atoms with Crippen LogP contribution in [-0.4, -0.2) is 41.8 Å². The highest BCUT2D eigenvalue weighted by Gasteiger charge is 2.38. The molecule has 0 saturated carbocycles. The lowest BCUT2D eigenvalue weighted by Gasteiger charge is -2.13. The molecule has 0 atom stereocenters. The predicted octanol–water partition coefficient (Wildman–Crippen LogP) is 1.30. The highest BCUT2D eigenvalue weighted by Crippen LogP contribution is 2.22. The van der Waals surface area contributed by atoms with Crippen molar-refractivity contribution < 1.29 is 19.2 Å². The molecule has 0 fully saturated rings. The van der Waals surface area contributed by atoms with Gasteiger partial charge in [0.1, 0.15) is 6.54 Å². The van der Waals surface area contributed by atoms with Gasteiger partial charge in [-0.2, -0.15) is 0 Å². The van der Waals surface area contributed by atoms with E-state index in [0.29, 0.717) is 5.06 Å². The van der Waals surface area contributed by atoms with Gasteiger partial charge in [0, 0.05) is 13.0 Å². The first-order valence-corrected chi connectivity index (χ1v) is 7.62. The summed E-state index contributed by atoms with van der Waals surface area (Å²) in [7, 11) is 0. The number of hydrogen-bond donors (Lipinski definition) is 1. The quantitative estimate of drug-likeness (QED) is 0.850. The third-order valence-electron chi connectivity index (χ3n) is 3.76. The van der Waals surface area contributed by atoms with Crippen LogP contribution in [0, 0.1) is 0 Å². The second-order valence-corrected chi connectivity index (χ2v) is 5.41. The van der Waals surface area contributed by atoms with E-state index in [4.69, 9.17) is 4.84 Å². The first-order valence-electron chi connectivity index (χ1n) is 7.62. The molecule has 0 saturated heterocycles. The standard InChI is InChI=1S/C16H17N3O4/c20-14(10-18-13-8-2-1-5-9-17-13)23-19-15(21)11-6-3-4-7-12(11)16(19)22/h3-4,6-7H,1-2,5,8-10H2,(H,17,18). The number of aliphatic imine (C=N–C) groups is 1. The molecule has 2 heterocycles. The third-order valence-corrected chi connectivity index (χ3v) is 3.76. The van der Waals surface area contributed by atoms with Crippen molar-refractivity contribution in [1.29, 1.82) is 0 Å². The zero-order valence-electron chi connectivity index (χ0n) is 12.6. The Balaban J connectivity index is 1.57. The lowest BCUT2D eigenvalue weighted by molar-refractivity contribution is -0.167. The summed E-state index contributed by atoms with van der Waals surface area (Å²) in [6.45, 7) is 0.613. The number of fused-ring (bicyclic) bond motifs is 1. The molecule has 0 aromatic heterocycles. The van der Waals surface area contributed by atoms with Crippen LogP contribution >= 0.6 is 0 Å². The molecule has 2 aliphatic heterocycles. The summed E-state index contributed by atoms with van der Waals surface area (Å²) in [6.07, 6.45) is 3.98. The number of nitrogens with zero attached hydrogens (tertiary/aromatic N) is 2. The fourth-order valence-electron chi connectivity index (χ4n) is 2.58. The summed E-state index contributed by atoms with van der Waals surface area (Å²) in [5, 5.41) is 3.43. The van der Waals surface area contributed by atoms with Gasteiger partial charge in [-0.25, -0.2) is 4.79 Å². The smallest absolute Gasteiger partial charge is 0.352 e. The highest BCUT2D eigenvalue weighted by molar-refractivity contribution is 6.20. The molecule has 1 N–H and O–H groups in total. The maximum Gasteiger partial charge on any atom is 0.352 e. The molecule has 0 bridgehead atoms. The lowest BCUT2D eigenvalue weighted by Crippen LogP contribution is -2.38. The summed E-state index contributed by atoms with van der Waals surface area (Å²) < 4.78 is 0. The van der Waals surface area contributed by atoms with Crippen LogP contribution in [0.15, 0.2) is 29.3 Å². The van der Waals surface area contributed by atoms with E-state index in [0.717, 1.165) is 38.1 Å². The third kappa shape index (κ3) is 3.23. The number of amidine groups is 1. The van der Waals surface area contributed by atoms with Crippen LogP contribution < -0.4 is 5.32 Å². The Hall–Kier alpha value is -2.70. The zero-order valence-corrected chi connectivity index (χ0v) is 12.6. The number of rotatable bonds is 3. The Labute approximate surface area is 133 Å². The summed E-state index contributed by atoms with van der Waals surface area (Å²) in [4.78, 5) is 45.3. The molecule has 1 aromatic rings. The first kappa shape index (κ1) is 15.2. The molecule has 0 spiro atoms. The van der Waals surface area contributed by atoms with Crippen LogP contribution in [0.1, 0.15) is 46.4 Å². The maximum absolute atomic E-state index is 12.1. The minimum Gasteiger partial charge on any atom is -0.363 e. The van der Waals surface area contributed by atoms with Crippen molar-refractivity contribution in [1.82, 2.24) is 10.4 Å². The number of carbonyl (C=O) groups excluding carboxylic acids is 3. The van der Waals surface area contributed by atoms with E-state index in [-0.39, 0.29) is 17.7 Å². The Morgan fingerprint density at radius 1 is 1.13 bits per heavy atom. The van der Waals surface area contributed by atoms with E-state index >= 15 is 0 Å². The van der Waals surface area contributed by atoms with Crippen LogP contribution in [0.3, 0.4) is 0 Å². The molecule has 7 nitrogen and oxygen atoms in total. The molecule has 0 aliphatic carbocycles. The largest absolute Gasteiger partial charge is 0.363 e. The topological polar surface area (TPSA) is 88.1 Å². The van der Waals surface area contributed by atoms with E-state index in [1.165, 1.54) is 12.1 Å². The number of amides is 2.